The summed E-state index contributed by atoms with van der Waals surface area (Å²) in [6, 6.07) is 18.0. The van der Waals surface area contributed by atoms with Crippen molar-refractivity contribution in [1.82, 2.24) is 15.3 Å². The first kappa shape index (κ1) is 21.5. The van der Waals surface area contributed by atoms with E-state index in [0.29, 0.717) is 39.3 Å². The third-order valence-corrected chi connectivity index (χ3v) is 7.02. The number of anilines is 2. The number of nitriles is 1. The quantitative estimate of drug-likeness (QED) is 0.296. The number of carbonyl (C=O) groups excluding carboxylic acids is 1. The van der Waals surface area contributed by atoms with E-state index < -0.39 is 0 Å². The predicted octanol–water partition coefficient (Wildman–Crippen LogP) is 4.76. The lowest BCUT2D eigenvalue weighted by Gasteiger charge is -2.10. The number of nitrogen functional groups attached to an aromatic ring is 2. The molecule has 0 aliphatic rings. The molecule has 0 fully saturated rings. The number of thiophene rings is 1. The van der Waals surface area contributed by atoms with E-state index in [-0.39, 0.29) is 17.3 Å². The molecule has 0 aliphatic carbocycles. The summed E-state index contributed by atoms with van der Waals surface area (Å²) in [5, 5.41) is 14.5. The van der Waals surface area contributed by atoms with E-state index in [1.54, 1.807) is 0 Å². The Morgan fingerprint density at radius 1 is 1.18 bits per heavy atom. The number of nitrogens with two attached hydrogens (primary N) is 2. The van der Waals surface area contributed by atoms with Gasteiger partial charge in [-0.1, -0.05) is 48.0 Å². The zero-order valence-electron chi connectivity index (χ0n) is 18.5. The summed E-state index contributed by atoms with van der Waals surface area (Å²) < 4.78 is 0. The Kier molecular flexibility index (Phi) is 5.40. The predicted molar refractivity (Wildman–Crippen MR) is 138 cm³/mol. The maximum atomic E-state index is 13.0. The van der Waals surface area contributed by atoms with Gasteiger partial charge < -0.3 is 21.8 Å². The number of amides is 1. The van der Waals surface area contributed by atoms with Gasteiger partial charge in [0.1, 0.15) is 27.2 Å². The smallest absolute Gasteiger partial charge is 0.263 e. The average Bonchev–Trinajstić information content (AvgIpc) is 3.39. The van der Waals surface area contributed by atoms with Crippen LogP contribution in [-0.2, 0) is 6.42 Å². The Labute approximate surface area is 200 Å². The summed E-state index contributed by atoms with van der Waals surface area (Å²) in [6.45, 7) is 2.45. The van der Waals surface area contributed by atoms with Gasteiger partial charge in [-0.25, -0.2) is 4.98 Å². The van der Waals surface area contributed by atoms with Crippen LogP contribution in [0.4, 0.5) is 11.5 Å². The molecule has 6 N–H and O–H groups in total. The number of para-hydroxylation sites is 1. The van der Waals surface area contributed by atoms with Crippen LogP contribution in [0.15, 0.2) is 54.7 Å². The first-order chi connectivity index (χ1) is 16.5. The number of fused-ring (bicyclic) bond motifs is 2. The highest BCUT2D eigenvalue weighted by Crippen LogP contribution is 2.42. The van der Waals surface area contributed by atoms with Crippen molar-refractivity contribution in [2.75, 3.05) is 18.0 Å². The number of pyridine rings is 1. The number of nitrogens with one attached hydrogen (secondary N) is 2. The third kappa shape index (κ3) is 3.62. The average molecular weight is 467 g/mol. The van der Waals surface area contributed by atoms with E-state index in [1.807, 2.05) is 55.6 Å². The van der Waals surface area contributed by atoms with Crippen molar-refractivity contribution in [3.05, 3.63) is 76.3 Å². The third-order valence-electron chi connectivity index (χ3n) is 5.92. The van der Waals surface area contributed by atoms with Crippen molar-refractivity contribution in [2.45, 2.75) is 13.3 Å². The van der Waals surface area contributed by atoms with Gasteiger partial charge >= 0.3 is 0 Å². The summed E-state index contributed by atoms with van der Waals surface area (Å²) in [5.41, 5.74) is 17.9. The van der Waals surface area contributed by atoms with Gasteiger partial charge in [-0.2, -0.15) is 5.26 Å². The van der Waals surface area contributed by atoms with E-state index in [0.717, 1.165) is 27.6 Å². The van der Waals surface area contributed by atoms with Gasteiger partial charge in [-0.3, -0.25) is 4.79 Å². The highest BCUT2D eigenvalue weighted by Gasteiger charge is 2.24. The van der Waals surface area contributed by atoms with Crippen molar-refractivity contribution < 1.29 is 4.79 Å². The molecule has 0 bridgehead atoms. The van der Waals surface area contributed by atoms with Crippen LogP contribution in [0.25, 0.3) is 32.2 Å². The van der Waals surface area contributed by atoms with Gasteiger partial charge in [0, 0.05) is 34.6 Å². The number of benzene rings is 2. The van der Waals surface area contributed by atoms with Crippen LogP contribution in [0.2, 0.25) is 0 Å². The lowest BCUT2D eigenvalue weighted by molar-refractivity contribution is 0.0959. The molecule has 168 valence electrons. The Bertz CT molecular complexity index is 1590. The molecule has 34 heavy (non-hydrogen) atoms. The van der Waals surface area contributed by atoms with Crippen LogP contribution in [-0.4, -0.2) is 22.4 Å². The molecule has 5 aromatic rings. The Hall–Kier alpha value is -4.35. The number of nitrogens with zero attached hydrogens (tertiary/aromatic N) is 2. The minimum absolute atomic E-state index is 0.123. The van der Waals surface area contributed by atoms with Crippen LogP contribution in [0, 0.1) is 18.3 Å². The Morgan fingerprint density at radius 2 is 1.94 bits per heavy atom. The molecule has 2 aromatic carbocycles. The largest absolute Gasteiger partial charge is 0.397 e. The normalized spacial score (nSPS) is 11.1. The van der Waals surface area contributed by atoms with Gasteiger partial charge in [0.05, 0.1) is 5.69 Å². The number of hydrogen-bond donors (Lipinski definition) is 4. The Balaban J connectivity index is 1.47. The van der Waals surface area contributed by atoms with Gasteiger partial charge in [0.2, 0.25) is 0 Å². The highest BCUT2D eigenvalue weighted by atomic mass is 32.1. The molecule has 0 radical (unpaired) electrons. The monoisotopic (exact) mass is 466 g/mol. The van der Waals surface area contributed by atoms with Crippen LogP contribution in [0.5, 0.6) is 0 Å². The van der Waals surface area contributed by atoms with Gasteiger partial charge in [0.25, 0.3) is 5.91 Å². The number of H-pyrrole nitrogens is 1. The Morgan fingerprint density at radius 3 is 2.71 bits per heavy atom. The first-order valence-corrected chi connectivity index (χ1v) is 11.6. The number of hydrogen-bond acceptors (Lipinski definition) is 6. The molecule has 0 saturated carbocycles. The molecule has 3 heterocycles. The van der Waals surface area contributed by atoms with E-state index >= 15 is 0 Å². The number of aromatic amines is 1. The molecule has 0 spiro atoms. The molecule has 0 aliphatic heterocycles. The number of carbonyl (C=O) groups is 1. The summed E-state index contributed by atoms with van der Waals surface area (Å²) in [7, 11) is 0. The van der Waals surface area contributed by atoms with E-state index in [9.17, 15) is 10.1 Å². The number of aryl methyl sites for hydroxylation is 1. The molecule has 8 heteroatoms. The molecule has 0 unspecified atom stereocenters. The zero-order chi connectivity index (χ0) is 23.8. The summed E-state index contributed by atoms with van der Waals surface area (Å²) in [5.74, 6) is -0.148. The highest BCUT2D eigenvalue weighted by molar-refractivity contribution is 7.21. The van der Waals surface area contributed by atoms with Crippen LogP contribution < -0.4 is 16.8 Å². The fourth-order valence-electron chi connectivity index (χ4n) is 4.19. The standard InChI is InChI=1S/C26H22N6OS/c1-14-6-8-15(9-7-14)20-18(12-27)24(29)32-26-21(20)22(28)23(34-26)25(33)30-11-10-16-13-31-19-5-3-2-4-17(16)19/h2-9,13,31H,10-11,28H2,1H3,(H2,29,32)(H,30,33). The lowest BCUT2D eigenvalue weighted by Crippen LogP contribution is -2.25. The first-order valence-electron chi connectivity index (χ1n) is 10.8. The van der Waals surface area contributed by atoms with Gasteiger partial charge in [0.15, 0.2) is 0 Å². The van der Waals surface area contributed by atoms with Crippen LogP contribution in [0.1, 0.15) is 26.4 Å². The second-order valence-electron chi connectivity index (χ2n) is 8.12. The fraction of sp³-hybridized carbons (Fsp3) is 0.115. The molecule has 7 nitrogen and oxygen atoms in total. The van der Waals surface area contributed by atoms with Crippen molar-refractivity contribution >= 4 is 49.9 Å². The molecule has 1 amide bonds. The minimum Gasteiger partial charge on any atom is -0.397 e. The maximum Gasteiger partial charge on any atom is 0.263 e. The molecule has 0 atom stereocenters. The van der Waals surface area contributed by atoms with E-state index in [4.69, 9.17) is 11.5 Å². The van der Waals surface area contributed by atoms with Crippen molar-refractivity contribution in [3.8, 4) is 17.2 Å². The van der Waals surface area contributed by atoms with Crippen molar-refractivity contribution in [2.24, 2.45) is 0 Å². The van der Waals surface area contributed by atoms with Crippen LogP contribution >= 0.6 is 11.3 Å². The lowest BCUT2D eigenvalue weighted by atomic mass is 9.96. The molecule has 5 rings (SSSR count). The summed E-state index contributed by atoms with van der Waals surface area (Å²) in [4.78, 5) is 21.6. The zero-order valence-corrected chi connectivity index (χ0v) is 19.3. The number of rotatable bonds is 5. The molecule has 3 aromatic heterocycles. The summed E-state index contributed by atoms with van der Waals surface area (Å²) in [6.07, 6.45) is 2.65. The SMILES string of the molecule is Cc1ccc(-c2c(C#N)c(N)nc3sc(C(=O)NCCc4c[nH]c5ccccc45)c(N)c23)cc1. The molecule has 0 saturated heterocycles. The number of aromatic nitrogens is 2. The van der Waals surface area contributed by atoms with Crippen LogP contribution in [0.3, 0.4) is 0 Å². The second kappa shape index (κ2) is 8.54. The topological polar surface area (TPSA) is 134 Å². The van der Waals surface area contributed by atoms with Gasteiger partial charge in [-0.05, 0) is 30.5 Å². The van der Waals surface area contributed by atoms with E-state index in [1.165, 1.54) is 11.3 Å². The van der Waals surface area contributed by atoms with Crippen molar-refractivity contribution in [3.63, 3.8) is 0 Å². The minimum atomic E-state index is -0.271. The summed E-state index contributed by atoms with van der Waals surface area (Å²) >= 11 is 1.18. The fourth-order valence-corrected chi connectivity index (χ4v) is 5.22. The second-order valence-corrected chi connectivity index (χ2v) is 9.11. The maximum absolute atomic E-state index is 13.0. The molecular weight excluding hydrogens is 444 g/mol. The van der Waals surface area contributed by atoms with Gasteiger partial charge in [-0.15, -0.1) is 11.3 Å². The molecular formula is C26H22N6OS. The van der Waals surface area contributed by atoms with Crippen molar-refractivity contribution in [1.29, 1.82) is 5.26 Å². The van der Waals surface area contributed by atoms with E-state index in [2.05, 4.69) is 27.4 Å².